The molecule has 166 valence electrons. The highest BCUT2D eigenvalue weighted by Gasteiger charge is 2.54. The first-order valence-corrected chi connectivity index (χ1v) is 11.1. The molecule has 1 aromatic rings. The maximum atomic E-state index is 13.1. The van der Waals surface area contributed by atoms with Crippen molar-refractivity contribution in [2.45, 2.75) is 50.5 Å². The molecule has 0 N–H and O–H groups in total. The lowest BCUT2D eigenvalue weighted by molar-refractivity contribution is -0.163. The molecule has 31 heavy (non-hydrogen) atoms. The van der Waals surface area contributed by atoms with Gasteiger partial charge >= 0.3 is 5.97 Å². The van der Waals surface area contributed by atoms with Gasteiger partial charge in [-0.1, -0.05) is 12.1 Å². The number of esters is 1. The fourth-order valence-electron chi connectivity index (χ4n) is 6.32. The third-order valence-corrected chi connectivity index (χ3v) is 7.10. The lowest BCUT2D eigenvalue weighted by atomic mass is 9.52. The molecule has 0 atom stereocenters. The monoisotopic (exact) mass is 426 g/mol. The molecular formula is C24H30N2O5. The molecule has 0 spiro atoms. The number of amides is 1. The summed E-state index contributed by atoms with van der Waals surface area (Å²) in [5.74, 6) is 2.20. The standard InChI is InChI=1S/C24H30N2O5/c1-29-20-5-2-3-6-21(20)30-16-23(28)31-15-22(27)26(8-4-7-25)24-12-17-9-18(13-24)11-19(10-17)14-24/h2-3,5-6,17-19H,4,8-16H2,1H3. The molecule has 0 unspecified atom stereocenters. The molecule has 0 saturated heterocycles. The predicted octanol–water partition coefficient (Wildman–Crippen LogP) is 3.33. The molecule has 4 aliphatic rings. The van der Waals surface area contributed by atoms with Crippen LogP contribution in [0.1, 0.15) is 44.9 Å². The smallest absolute Gasteiger partial charge is 0.344 e. The molecule has 5 rings (SSSR count). The van der Waals surface area contributed by atoms with E-state index in [1.54, 1.807) is 18.2 Å². The summed E-state index contributed by atoms with van der Waals surface area (Å²) in [6.07, 6.45) is 7.15. The molecule has 4 bridgehead atoms. The van der Waals surface area contributed by atoms with Crippen LogP contribution in [0.3, 0.4) is 0 Å². The van der Waals surface area contributed by atoms with E-state index in [2.05, 4.69) is 6.07 Å². The van der Waals surface area contributed by atoms with Crippen LogP contribution in [-0.4, -0.2) is 49.2 Å². The van der Waals surface area contributed by atoms with E-state index in [1.807, 2.05) is 11.0 Å². The van der Waals surface area contributed by atoms with E-state index >= 15 is 0 Å². The lowest BCUT2D eigenvalue weighted by Crippen LogP contribution is -2.62. The second kappa shape index (κ2) is 9.17. The zero-order valence-corrected chi connectivity index (χ0v) is 18.0. The maximum Gasteiger partial charge on any atom is 0.344 e. The molecule has 0 heterocycles. The highest BCUT2D eigenvalue weighted by molar-refractivity contribution is 5.81. The summed E-state index contributed by atoms with van der Waals surface area (Å²) in [4.78, 5) is 27.2. The van der Waals surface area contributed by atoms with Crippen molar-refractivity contribution in [3.05, 3.63) is 24.3 Å². The van der Waals surface area contributed by atoms with Crippen molar-refractivity contribution in [1.29, 1.82) is 5.26 Å². The van der Waals surface area contributed by atoms with Gasteiger partial charge in [0.2, 0.25) is 0 Å². The van der Waals surface area contributed by atoms with Crippen LogP contribution in [0.2, 0.25) is 0 Å². The minimum Gasteiger partial charge on any atom is -0.493 e. The Kier molecular flexibility index (Phi) is 6.35. The summed E-state index contributed by atoms with van der Waals surface area (Å²) in [5.41, 5.74) is -0.164. The Morgan fingerprint density at radius 2 is 1.68 bits per heavy atom. The predicted molar refractivity (Wildman–Crippen MR) is 112 cm³/mol. The van der Waals surface area contributed by atoms with Crippen LogP contribution in [0.15, 0.2) is 24.3 Å². The van der Waals surface area contributed by atoms with Crippen molar-refractivity contribution in [3.63, 3.8) is 0 Å². The van der Waals surface area contributed by atoms with Gasteiger partial charge in [0.15, 0.2) is 24.7 Å². The van der Waals surface area contributed by atoms with Crippen LogP contribution in [0.5, 0.6) is 11.5 Å². The van der Waals surface area contributed by atoms with Crippen LogP contribution < -0.4 is 9.47 Å². The van der Waals surface area contributed by atoms with E-state index in [0.717, 1.165) is 19.3 Å². The Hall–Kier alpha value is -2.75. The van der Waals surface area contributed by atoms with E-state index < -0.39 is 5.97 Å². The van der Waals surface area contributed by atoms with Gasteiger partial charge in [0.1, 0.15) is 0 Å². The SMILES string of the molecule is COc1ccccc1OCC(=O)OCC(=O)N(CCC#N)C12CC3CC(CC(C3)C1)C2. The minimum absolute atomic E-state index is 0.164. The highest BCUT2D eigenvalue weighted by atomic mass is 16.6. The van der Waals surface area contributed by atoms with Crippen LogP contribution >= 0.6 is 0 Å². The second-order valence-electron chi connectivity index (χ2n) is 9.20. The van der Waals surface area contributed by atoms with Crippen LogP contribution in [0, 0.1) is 29.1 Å². The zero-order chi connectivity index (χ0) is 21.8. The van der Waals surface area contributed by atoms with Gasteiger partial charge in [0, 0.05) is 12.1 Å². The van der Waals surface area contributed by atoms with Crippen LogP contribution in [0.25, 0.3) is 0 Å². The molecule has 1 amide bonds. The average molecular weight is 427 g/mol. The zero-order valence-electron chi connectivity index (χ0n) is 18.0. The molecule has 1 aromatic carbocycles. The Labute approximate surface area is 183 Å². The quantitative estimate of drug-likeness (QED) is 0.563. The molecule has 0 radical (unpaired) electrons. The molecule has 4 saturated carbocycles. The minimum atomic E-state index is -0.606. The number of carbonyl (C=O) groups excluding carboxylic acids is 2. The number of nitrogens with zero attached hydrogens (tertiary/aromatic N) is 2. The average Bonchev–Trinajstić information content (AvgIpc) is 2.75. The molecule has 7 nitrogen and oxygen atoms in total. The van der Waals surface area contributed by atoms with Crippen molar-refractivity contribution in [3.8, 4) is 17.6 Å². The van der Waals surface area contributed by atoms with Gasteiger partial charge in [-0.3, -0.25) is 4.79 Å². The van der Waals surface area contributed by atoms with Gasteiger partial charge in [-0.25, -0.2) is 4.79 Å². The third kappa shape index (κ3) is 4.63. The summed E-state index contributed by atoms with van der Waals surface area (Å²) in [7, 11) is 1.53. The largest absolute Gasteiger partial charge is 0.493 e. The highest BCUT2D eigenvalue weighted by Crippen LogP contribution is 2.57. The van der Waals surface area contributed by atoms with E-state index in [1.165, 1.54) is 26.4 Å². The van der Waals surface area contributed by atoms with Crippen molar-refractivity contribution < 1.29 is 23.8 Å². The van der Waals surface area contributed by atoms with Crippen LogP contribution in [0.4, 0.5) is 0 Å². The fraction of sp³-hybridized carbons (Fsp3) is 0.625. The first kappa shape index (κ1) is 21.5. The summed E-state index contributed by atoms with van der Waals surface area (Å²) in [6.45, 7) is -0.221. The number of hydrogen-bond donors (Lipinski definition) is 0. The summed E-state index contributed by atoms with van der Waals surface area (Å²) in [5, 5.41) is 9.12. The van der Waals surface area contributed by atoms with Crippen molar-refractivity contribution in [1.82, 2.24) is 4.90 Å². The van der Waals surface area contributed by atoms with E-state index in [0.29, 0.717) is 42.2 Å². The van der Waals surface area contributed by atoms with Crippen molar-refractivity contribution in [2.24, 2.45) is 17.8 Å². The summed E-state index contributed by atoms with van der Waals surface area (Å²) < 4.78 is 15.9. The van der Waals surface area contributed by atoms with Gasteiger partial charge in [-0.05, 0) is 68.4 Å². The van der Waals surface area contributed by atoms with Gasteiger partial charge in [0.05, 0.1) is 19.6 Å². The van der Waals surface area contributed by atoms with Crippen molar-refractivity contribution in [2.75, 3.05) is 26.9 Å². The summed E-state index contributed by atoms with van der Waals surface area (Å²) >= 11 is 0. The van der Waals surface area contributed by atoms with Crippen LogP contribution in [-0.2, 0) is 14.3 Å². The molecule has 4 fully saturated rings. The number of benzene rings is 1. The molecule has 0 aromatic heterocycles. The summed E-state index contributed by atoms with van der Waals surface area (Å²) in [6, 6.07) is 9.20. The normalized spacial score (nSPS) is 27.9. The Morgan fingerprint density at radius 1 is 1.06 bits per heavy atom. The fourth-order valence-corrected chi connectivity index (χ4v) is 6.32. The van der Waals surface area contributed by atoms with Gasteiger partial charge < -0.3 is 19.1 Å². The first-order valence-electron chi connectivity index (χ1n) is 11.1. The maximum absolute atomic E-state index is 13.1. The molecule has 0 aliphatic heterocycles. The molecule has 4 aliphatic carbocycles. The number of methoxy groups -OCH3 is 1. The number of ether oxygens (including phenoxy) is 3. The molecular weight excluding hydrogens is 396 g/mol. The third-order valence-electron chi connectivity index (χ3n) is 7.10. The second-order valence-corrected chi connectivity index (χ2v) is 9.20. The van der Waals surface area contributed by atoms with Gasteiger partial charge in [-0.15, -0.1) is 0 Å². The number of para-hydroxylation sites is 2. The van der Waals surface area contributed by atoms with E-state index in [9.17, 15) is 9.59 Å². The number of carbonyl (C=O) groups is 2. The first-order chi connectivity index (χ1) is 15.0. The van der Waals surface area contributed by atoms with E-state index in [4.69, 9.17) is 19.5 Å². The number of hydrogen-bond acceptors (Lipinski definition) is 6. The van der Waals surface area contributed by atoms with Gasteiger partial charge in [-0.2, -0.15) is 5.26 Å². The Balaban J connectivity index is 1.35. The Bertz CT molecular complexity index is 826. The molecule has 7 heteroatoms. The van der Waals surface area contributed by atoms with E-state index in [-0.39, 0.29) is 24.7 Å². The Morgan fingerprint density at radius 3 is 2.26 bits per heavy atom. The topological polar surface area (TPSA) is 88.9 Å². The van der Waals surface area contributed by atoms with Gasteiger partial charge in [0.25, 0.3) is 5.91 Å². The number of nitriles is 1. The lowest BCUT2D eigenvalue weighted by Gasteiger charge is -2.60. The number of rotatable bonds is 9. The van der Waals surface area contributed by atoms with Crippen molar-refractivity contribution >= 4 is 11.9 Å².